The van der Waals surface area contributed by atoms with Crippen LogP contribution in [0.1, 0.15) is 124 Å². The number of aliphatic carboxylic acids is 1. The molecule has 3 nitrogen and oxygen atoms in total. The molecule has 2 N–H and O–H groups in total. The van der Waals surface area contributed by atoms with Crippen molar-refractivity contribution in [1.29, 1.82) is 0 Å². The standard InChI is InChI=1S/C27H46O.C9H10O2/c1-18(2)7-6-8-19(3)23-11-12-24-22-10-9-20-17-21(28)13-15-26(20,4)25(22)14-16-27(23,24)5;1-7(9(10)11)8-5-3-2-4-6-8/h9,18-19,21-25,28H,6-8,10-17H2,1-5H3;2-7H,1H3,(H,10,11)/t19?,21-,22-,23+,24-,25-,26-,27+;/m0./s1. The van der Waals surface area contributed by atoms with Gasteiger partial charge in [-0.3, -0.25) is 4.79 Å². The molecule has 0 spiro atoms. The molecular weight excluding hydrogens is 480 g/mol. The van der Waals surface area contributed by atoms with E-state index in [4.69, 9.17) is 5.11 Å². The van der Waals surface area contributed by atoms with Crippen LogP contribution in [0.15, 0.2) is 42.0 Å². The van der Waals surface area contributed by atoms with Gasteiger partial charge in [-0.1, -0.05) is 95.9 Å². The molecule has 3 saturated carbocycles. The topological polar surface area (TPSA) is 57.5 Å². The van der Waals surface area contributed by atoms with Crippen molar-refractivity contribution < 1.29 is 15.0 Å². The minimum atomic E-state index is -0.781. The summed E-state index contributed by atoms with van der Waals surface area (Å²) < 4.78 is 0. The van der Waals surface area contributed by atoms with E-state index in [9.17, 15) is 9.90 Å². The van der Waals surface area contributed by atoms with E-state index >= 15 is 0 Å². The maximum atomic E-state index is 10.5. The van der Waals surface area contributed by atoms with Gasteiger partial charge in [0, 0.05) is 0 Å². The van der Waals surface area contributed by atoms with Gasteiger partial charge in [0.25, 0.3) is 0 Å². The van der Waals surface area contributed by atoms with Crippen LogP contribution in [0, 0.1) is 46.3 Å². The van der Waals surface area contributed by atoms with Gasteiger partial charge in [0.05, 0.1) is 12.0 Å². The van der Waals surface area contributed by atoms with Gasteiger partial charge in [-0.2, -0.15) is 0 Å². The maximum Gasteiger partial charge on any atom is 0.310 e. The number of carbonyl (C=O) groups is 1. The Hall–Kier alpha value is -1.61. The second-order valence-corrected chi connectivity index (χ2v) is 14.7. The Morgan fingerprint density at radius 3 is 2.33 bits per heavy atom. The number of fused-ring (bicyclic) bond motifs is 5. The van der Waals surface area contributed by atoms with E-state index < -0.39 is 11.9 Å². The van der Waals surface area contributed by atoms with Gasteiger partial charge in [0.2, 0.25) is 0 Å². The average molecular weight is 537 g/mol. The van der Waals surface area contributed by atoms with Crippen LogP contribution in [0.2, 0.25) is 0 Å². The number of aliphatic hydroxyl groups is 1. The van der Waals surface area contributed by atoms with Gasteiger partial charge >= 0.3 is 5.97 Å². The molecule has 0 radical (unpaired) electrons. The van der Waals surface area contributed by atoms with Crippen molar-refractivity contribution in [3.8, 4) is 0 Å². The van der Waals surface area contributed by atoms with Gasteiger partial charge in [-0.15, -0.1) is 0 Å². The zero-order chi connectivity index (χ0) is 28.4. The lowest BCUT2D eigenvalue weighted by atomic mass is 9.47. The minimum Gasteiger partial charge on any atom is -0.481 e. The Morgan fingerprint density at radius 1 is 0.949 bits per heavy atom. The largest absolute Gasteiger partial charge is 0.481 e. The highest BCUT2D eigenvalue weighted by atomic mass is 16.4. The Balaban J connectivity index is 0.000000270. The number of allylic oxidation sites excluding steroid dienone is 1. The zero-order valence-electron chi connectivity index (χ0n) is 25.7. The highest BCUT2D eigenvalue weighted by Crippen LogP contribution is 2.67. The molecule has 5 rings (SSSR count). The summed E-state index contributed by atoms with van der Waals surface area (Å²) in [5.74, 6) is 4.27. The quantitative estimate of drug-likeness (QED) is 0.341. The maximum absolute atomic E-state index is 10.5. The van der Waals surface area contributed by atoms with Crippen LogP contribution in [0.3, 0.4) is 0 Å². The van der Waals surface area contributed by atoms with E-state index in [1.165, 1.54) is 57.8 Å². The Kier molecular flexibility index (Phi) is 9.73. The third-order valence-corrected chi connectivity index (χ3v) is 11.9. The molecule has 0 amide bonds. The highest BCUT2D eigenvalue weighted by Gasteiger charge is 2.59. The molecular formula is C36H56O3. The molecule has 0 heterocycles. The number of hydrogen-bond acceptors (Lipinski definition) is 2. The van der Waals surface area contributed by atoms with Gasteiger partial charge in [0.15, 0.2) is 0 Å². The van der Waals surface area contributed by atoms with Gasteiger partial charge < -0.3 is 10.2 Å². The average Bonchev–Trinajstić information content (AvgIpc) is 3.26. The summed E-state index contributed by atoms with van der Waals surface area (Å²) in [5.41, 5.74) is 3.45. The van der Waals surface area contributed by atoms with Crippen molar-refractivity contribution in [2.24, 2.45) is 46.3 Å². The van der Waals surface area contributed by atoms with E-state index in [1.807, 2.05) is 30.3 Å². The monoisotopic (exact) mass is 536 g/mol. The third-order valence-electron chi connectivity index (χ3n) is 11.9. The molecule has 2 unspecified atom stereocenters. The van der Waals surface area contributed by atoms with Crippen LogP contribution in [-0.4, -0.2) is 22.3 Å². The summed E-state index contributed by atoms with van der Waals surface area (Å²) in [7, 11) is 0. The lowest BCUT2D eigenvalue weighted by Gasteiger charge is -2.58. The van der Waals surface area contributed by atoms with Crippen molar-refractivity contribution in [3.05, 3.63) is 47.5 Å². The van der Waals surface area contributed by atoms with Gasteiger partial charge in [-0.25, -0.2) is 0 Å². The second-order valence-electron chi connectivity index (χ2n) is 14.7. The van der Waals surface area contributed by atoms with E-state index in [1.54, 1.807) is 12.5 Å². The van der Waals surface area contributed by atoms with E-state index in [-0.39, 0.29) is 6.10 Å². The van der Waals surface area contributed by atoms with Gasteiger partial charge in [-0.05, 0) is 110 Å². The number of aliphatic hydroxyl groups excluding tert-OH is 1. The van der Waals surface area contributed by atoms with Crippen LogP contribution < -0.4 is 0 Å². The van der Waals surface area contributed by atoms with Crippen molar-refractivity contribution in [2.45, 2.75) is 124 Å². The zero-order valence-corrected chi connectivity index (χ0v) is 25.7. The Bertz CT molecular complexity index is 982. The first-order valence-corrected chi connectivity index (χ1v) is 16.1. The fourth-order valence-corrected chi connectivity index (χ4v) is 9.55. The molecule has 0 bridgehead atoms. The lowest BCUT2D eigenvalue weighted by Crippen LogP contribution is -2.50. The molecule has 4 aliphatic rings. The molecule has 4 aliphatic carbocycles. The fourth-order valence-electron chi connectivity index (χ4n) is 9.55. The Morgan fingerprint density at radius 2 is 1.67 bits per heavy atom. The van der Waals surface area contributed by atoms with Crippen LogP contribution in [0.5, 0.6) is 0 Å². The summed E-state index contributed by atoms with van der Waals surface area (Å²) >= 11 is 0. The molecule has 1 aromatic rings. The van der Waals surface area contributed by atoms with Crippen molar-refractivity contribution in [1.82, 2.24) is 0 Å². The molecule has 3 heteroatoms. The summed E-state index contributed by atoms with van der Waals surface area (Å²) in [5, 5.41) is 18.8. The van der Waals surface area contributed by atoms with Crippen LogP contribution >= 0.6 is 0 Å². The Labute approximate surface area is 238 Å². The van der Waals surface area contributed by atoms with Crippen molar-refractivity contribution in [2.75, 3.05) is 0 Å². The summed E-state index contributed by atoms with van der Waals surface area (Å²) in [6.07, 6.45) is 17.2. The predicted molar refractivity (Wildman–Crippen MR) is 162 cm³/mol. The molecule has 3 fully saturated rings. The first-order chi connectivity index (χ1) is 18.5. The summed E-state index contributed by atoms with van der Waals surface area (Å²) in [6.45, 7) is 14.2. The van der Waals surface area contributed by atoms with Crippen molar-refractivity contribution >= 4 is 5.97 Å². The van der Waals surface area contributed by atoms with Crippen LogP contribution in [0.25, 0.3) is 0 Å². The van der Waals surface area contributed by atoms with Gasteiger partial charge in [0.1, 0.15) is 0 Å². The first-order valence-electron chi connectivity index (χ1n) is 16.1. The lowest BCUT2D eigenvalue weighted by molar-refractivity contribution is -0.138. The molecule has 0 aromatic heterocycles. The van der Waals surface area contributed by atoms with Crippen molar-refractivity contribution in [3.63, 3.8) is 0 Å². The second kappa shape index (κ2) is 12.5. The number of rotatable bonds is 7. The molecule has 1 aromatic carbocycles. The van der Waals surface area contributed by atoms with E-state index in [0.717, 1.165) is 53.9 Å². The number of carboxylic acid groups (broad SMARTS) is 1. The highest BCUT2D eigenvalue weighted by molar-refractivity contribution is 5.75. The number of benzene rings is 1. The number of hydrogen-bond donors (Lipinski definition) is 2. The molecule has 218 valence electrons. The number of carboxylic acids is 1. The summed E-state index contributed by atoms with van der Waals surface area (Å²) in [6, 6.07) is 9.19. The van der Waals surface area contributed by atoms with Crippen LogP contribution in [0.4, 0.5) is 0 Å². The van der Waals surface area contributed by atoms with Crippen LogP contribution in [-0.2, 0) is 4.79 Å². The molecule has 9 atom stereocenters. The normalized spacial score (nSPS) is 36.9. The fraction of sp³-hybridized carbons (Fsp3) is 0.750. The summed E-state index contributed by atoms with van der Waals surface area (Å²) in [4.78, 5) is 10.5. The minimum absolute atomic E-state index is 0.0766. The predicted octanol–water partition coefficient (Wildman–Crippen LogP) is 9.26. The molecule has 39 heavy (non-hydrogen) atoms. The van der Waals surface area contributed by atoms with E-state index in [2.05, 4.69) is 40.7 Å². The smallest absolute Gasteiger partial charge is 0.310 e. The molecule has 0 aliphatic heterocycles. The molecule has 0 saturated heterocycles. The van der Waals surface area contributed by atoms with E-state index in [0.29, 0.717) is 10.8 Å². The SMILES string of the molecule is CC(C(=O)O)c1ccccc1.CC(C)CCCC(C)[C@H]1CC[C@H]2[C@@H]3CC=C4C[C@@H](O)CC[C@]4(C)[C@H]3CC[C@]12C. The third kappa shape index (κ3) is 6.34. The first kappa shape index (κ1) is 30.4.